The number of hydrogen-bond acceptors (Lipinski definition) is 2. The Hall–Kier alpha value is -1.88. The van der Waals surface area contributed by atoms with Gasteiger partial charge in [0.25, 0.3) is 5.91 Å². The highest BCUT2D eigenvalue weighted by atomic mass is 16.2. The molecule has 132 valence electrons. The van der Waals surface area contributed by atoms with Crippen molar-refractivity contribution >= 4 is 11.8 Å². The second-order valence-electron chi connectivity index (χ2n) is 7.09. The van der Waals surface area contributed by atoms with Crippen molar-refractivity contribution in [3.8, 4) is 0 Å². The number of amides is 2. The normalized spacial score (nSPS) is 16.9. The highest BCUT2D eigenvalue weighted by molar-refractivity contribution is 5.77. The Bertz CT molecular complexity index is 537. The van der Waals surface area contributed by atoms with Crippen LogP contribution in [0.1, 0.15) is 38.8 Å². The fraction of sp³-hybridized carbons (Fsp3) is 0.579. The van der Waals surface area contributed by atoms with Crippen LogP contribution in [0.15, 0.2) is 30.3 Å². The van der Waals surface area contributed by atoms with Gasteiger partial charge in [0, 0.05) is 6.92 Å². The molecule has 24 heavy (non-hydrogen) atoms. The topological polar surface area (TPSA) is 53.9 Å². The van der Waals surface area contributed by atoms with Crippen LogP contribution in [-0.2, 0) is 9.59 Å². The Kier molecular flexibility index (Phi) is 6.79. The molecule has 0 aliphatic carbocycles. The van der Waals surface area contributed by atoms with E-state index in [0.29, 0.717) is 12.5 Å². The van der Waals surface area contributed by atoms with Crippen molar-refractivity contribution in [3.63, 3.8) is 0 Å². The zero-order valence-corrected chi connectivity index (χ0v) is 15.0. The van der Waals surface area contributed by atoms with Gasteiger partial charge in [-0.05, 0) is 17.9 Å². The summed E-state index contributed by atoms with van der Waals surface area (Å²) in [5, 5.41) is 3.21. The Labute approximate surface area is 145 Å². The third-order valence-electron chi connectivity index (χ3n) is 4.57. The lowest BCUT2D eigenvalue weighted by molar-refractivity contribution is -0.896. The Morgan fingerprint density at radius 1 is 1.17 bits per heavy atom. The van der Waals surface area contributed by atoms with E-state index in [9.17, 15) is 9.59 Å². The SMILES string of the molecule is CC(=O)N1CC[NH+](CC(=O)N[C@@H](CC(C)C)c2ccccc2)CC1. The molecule has 1 saturated heterocycles. The fourth-order valence-electron chi connectivity index (χ4n) is 3.22. The maximum atomic E-state index is 12.5. The third kappa shape index (κ3) is 5.64. The molecule has 1 aliphatic rings. The lowest BCUT2D eigenvalue weighted by Crippen LogP contribution is -3.15. The van der Waals surface area contributed by atoms with Crippen LogP contribution in [0.2, 0.25) is 0 Å². The number of nitrogens with zero attached hydrogens (tertiary/aromatic N) is 1. The zero-order chi connectivity index (χ0) is 17.5. The van der Waals surface area contributed by atoms with E-state index < -0.39 is 0 Å². The number of hydrogen-bond donors (Lipinski definition) is 2. The van der Waals surface area contributed by atoms with Gasteiger partial charge in [0.15, 0.2) is 6.54 Å². The molecule has 0 unspecified atom stereocenters. The maximum Gasteiger partial charge on any atom is 0.275 e. The van der Waals surface area contributed by atoms with Crippen molar-refractivity contribution in [2.75, 3.05) is 32.7 Å². The summed E-state index contributed by atoms with van der Waals surface area (Å²) in [5.74, 6) is 0.734. The minimum atomic E-state index is 0.0663. The lowest BCUT2D eigenvalue weighted by atomic mass is 9.97. The largest absolute Gasteiger partial charge is 0.344 e. The monoisotopic (exact) mass is 332 g/mol. The van der Waals surface area contributed by atoms with Crippen LogP contribution >= 0.6 is 0 Å². The van der Waals surface area contributed by atoms with E-state index in [1.54, 1.807) is 6.92 Å². The third-order valence-corrected chi connectivity index (χ3v) is 4.57. The van der Waals surface area contributed by atoms with E-state index in [1.807, 2.05) is 23.1 Å². The van der Waals surface area contributed by atoms with Crippen molar-refractivity contribution in [3.05, 3.63) is 35.9 Å². The number of benzene rings is 1. The van der Waals surface area contributed by atoms with Gasteiger partial charge in [-0.15, -0.1) is 0 Å². The Morgan fingerprint density at radius 3 is 2.33 bits per heavy atom. The molecule has 0 bridgehead atoms. The molecule has 1 fully saturated rings. The van der Waals surface area contributed by atoms with E-state index in [0.717, 1.165) is 38.2 Å². The van der Waals surface area contributed by atoms with E-state index >= 15 is 0 Å². The van der Waals surface area contributed by atoms with Crippen molar-refractivity contribution < 1.29 is 14.5 Å². The van der Waals surface area contributed by atoms with E-state index in [1.165, 1.54) is 4.90 Å². The van der Waals surface area contributed by atoms with Crippen molar-refractivity contribution in [2.45, 2.75) is 33.2 Å². The highest BCUT2D eigenvalue weighted by Gasteiger charge is 2.24. The standard InChI is InChI=1S/C19H29N3O2/c1-15(2)13-18(17-7-5-4-6-8-17)20-19(24)14-21-9-11-22(12-10-21)16(3)23/h4-8,15,18H,9-14H2,1-3H3,(H,20,24)/p+1/t18-/m0/s1. The minimum Gasteiger partial charge on any atom is -0.344 e. The van der Waals surface area contributed by atoms with Gasteiger partial charge in [-0.25, -0.2) is 0 Å². The molecule has 1 aromatic rings. The predicted octanol–water partition coefficient (Wildman–Crippen LogP) is 0.637. The molecular formula is C19H30N3O2+. The summed E-state index contributed by atoms with van der Waals surface area (Å²) >= 11 is 0. The molecule has 1 heterocycles. The molecule has 0 saturated carbocycles. The van der Waals surface area contributed by atoms with Gasteiger partial charge in [-0.1, -0.05) is 44.2 Å². The summed E-state index contributed by atoms with van der Waals surface area (Å²) in [4.78, 5) is 27.0. The van der Waals surface area contributed by atoms with Crippen LogP contribution in [0.5, 0.6) is 0 Å². The summed E-state index contributed by atoms with van der Waals surface area (Å²) in [5.41, 5.74) is 1.16. The molecule has 1 atom stereocenters. The number of quaternary nitrogens is 1. The summed E-state index contributed by atoms with van der Waals surface area (Å²) in [6, 6.07) is 10.2. The van der Waals surface area contributed by atoms with Gasteiger partial charge in [0.1, 0.15) is 0 Å². The number of carbonyl (C=O) groups is 2. The minimum absolute atomic E-state index is 0.0663. The summed E-state index contributed by atoms with van der Waals surface area (Å²) in [6.45, 7) is 9.60. The second-order valence-corrected chi connectivity index (χ2v) is 7.09. The van der Waals surface area contributed by atoms with Crippen LogP contribution in [0.25, 0.3) is 0 Å². The quantitative estimate of drug-likeness (QED) is 0.803. The smallest absolute Gasteiger partial charge is 0.275 e. The van der Waals surface area contributed by atoms with E-state index in [2.05, 4.69) is 31.3 Å². The first-order valence-corrected chi connectivity index (χ1v) is 8.89. The first-order valence-electron chi connectivity index (χ1n) is 8.89. The Morgan fingerprint density at radius 2 is 1.79 bits per heavy atom. The van der Waals surface area contributed by atoms with E-state index in [-0.39, 0.29) is 17.9 Å². The second kappa shape index (κ2) is 8.83. The number of piperazine rings is 1. The first-order chi connectivity index (χ1) is 11.5. The number of rotatable bonds is 6. The van der Waals surface area contributed by atoms with Crippen molar-refractivity contribution in [1.82, 2.24) is 10.2 Å². The van der Waals surface area contributed by atoms with E-state index in [4.69, 9.17) is 0 Å². The van der Waals surface area contributed by atoms with Gasteiger partial charge in [0.2, 0.25) is 5.91 Å². The fourth-order valence-corrected chi connectivity index (χ4v) is 3.22. The highest BCUT2D eigenvalue weighted by Crippen LogP contribution is 2.20. The average Bonchev–Trinajstić information content (AvgIpc) is 2.55. The molecular weight excluding hydrogens is 302 g/mol. The number of nitrogens with one attached hydrogen (secondary N) is 2. The maximum absolute atomic E-state index is 12.5. The first kappa shape index (κ1) is 18.5. The molecule has 2 N–H and O–H groups in total. The lowest BCUT2D eigenvalue weighted by Gasteiger charge is -2.31. The average molecular weight is 332 g/mol. The summed E-state index contributed by atoms with van der Waals surface area (Å²) in [7, 11) is 0. The Balaban J connectivity index is 1.88. The van der Waals surface area contributed by atoms with Crippen LogP contribution in [-0.4, -0.2) is 49.4 Å². The molecule has 1 aliphatic heterocycles. The van der Waals surface area contributed by atoms with Crippen LogP contribution < -0.4 is 10.2 Å². The van der Waals surface area contributed by atoms with Crippen molar-refractivity contribution in [1.29, 1.82) is 0 Å². The molecule has 5 heteroatoms. The molecule has 0 aromatic heterocycles. The summed E-state index contributed by atoms with van der Waals surface area (Å²) in [6.07, 6.45) is 0.934. The van der Waals surface area contributed by atoms with Crippen LogP contribution in [0.3, 0.4) is 0 Å². The van der Waals surface area contributed by atoms with Crippen LogP contribution in [0, 0.1) is 5.92 Å². The van der Waals surface area contributed by atoms with Gasteiger partial charge < -0.3 is 15.1 Å². The molecule has 1 aromatic carbocycles. The molecule has 2 rings (SSSR count). The zero-order valence-electron chi connectivity index (χ0n) is 15.0. The molecule has 0 spiro atoms. The molecule has 2 amide bonds. The molecule has 5 nitrogen and oxygen atoms in total. The van der Waals surface area contributed by atoms with Crippen molar-refractivity contribution in [2.24, 2.45) is 5.92 Å². The van der Waals surface area contributed by atoms with Gasteiger partial charge in [-0.3, -0.25) is 9.59 Å². The number of carbonyl (C=O) groups excluding carboxylic acids is 2. The van der Waals surface area contributed by atoms with Gasteiger partial charge >= 0.3 is 0 Å². The van der Waals surface area contributed by atoms with Gasteiger partial charge in [0.05, 0.1) is 32.2 Å². The summed E-state index contributed by atoms with van der Waals surface area (Å²) < 4.78 is 0. The predicted molar refractivity (Wildman–Crippen MR) is 94.6 cm³/mol. The molecule has 0 radical (unpaired) electrons. The van der Waals surface area contributed by atoms with Gasteiger partial charge in [-0.2, -0.15) is 0 Å². The van der Waals surface area contributed by atoms with Crippen LogP contribution in [0.4, 0.5) is 0 Å².